The van der Waals surface area contributed by atoms with Gasteiger partial charge in [0, 0.05) is 6.61 Å². The van der Waals surface area contributed by atoms with Gasteiger partial charge in [0.2, 0.25) is 0 Å². The second-order valence-corrected chi connectivity index (χ2v) is 4.14. The average molecular weight is 276 g/mol. The number of carbonyl (C=O) groups is 1. The van der Waals surface area contributed by atoms with Crippen LogP contribution in [0.5, 0.6) is 5.75 Å². The summed E-state index contributed by atoms with van der Waals surface area (Å²) in [6.45, 7) is 0.322. The van der Waals surface area contributed by atoms with Crippen LogP contribution >= 0.6 is 0 Å². The summed E-state index contributed by atoms with van der Waals surface area (Å²) in [4.78, 5) is 11.0. The van der Waals surface area contributed by atoms with Crippen molar-refractivity contribution in [2.24, 2.45) is 5.92 Å². The van der Waals surface area contributed by atoms with Crippen LogP contribution in [0.3, 0.4) is 0 Å². The zero-order valence-electron chi connectivity index (χ0n) is 9.68. The highest BCUT2D eigenvalue weighted by Gasteiger charge is 2.35. The minimum absolute atomic E-state index is 0.322. The molecule has 0 spiro atoms. The molecule has 0 radical (unpaired) electrons. The molecule has 104 valence electrons. The van der Waals surface area contributed by atoms with Crippen LogP contribution in [0.1, 0.15) is 18.1 Å². The van der Waals surface area contributed by atoms with Crippen molar-refractivity contribution < 1.29 is 32.5 Å². The highest BCUT2D eigenvalue weighted by molar-refractivity contribution is 5.71. The molecule has 2 rings (SSSR count). The maximum atomic E-state index is 12.0. The van der Waals surface area contributed by atoms with Crippen molar-refractivity contribution in [3.8, 4) is 5.75 Å². The van der Waals surface area contributed by atoms with E-state index in [0.717, 1.165) is 12.1 Å². The van der Waals surface area contributed by atoms with Crippen molar-refractivity contribution >= 4 is 5.97 Å². The summed E-state index contributed by atoms with van der Waals surface area (Å²) < 4.78 is 45.0. The largest absolute Gasteiger partial charge is 0.573 e. The van der Waals surface area contributed by atoms with E-state index in [-0.39, 0.29) is 5.75 Å². The number of carboxylic acids is 1. The first-order valence-electron chi connectivity index (χ1n) is 5.57. The molecular formula is C12H11F3O4. The second kappa shape index (κ2) is 5.08. The van der Waals surface area contributed by atoms with Gasteiger partial charge in [-0.15, -0.1) is 13.2 Å². The summed E-state index contributed by atoms with van der Waals surface area (Å²) >= 11 is 0. The van der Waals surface area contributed by atoms with Crippen LogP contribution in [0.2, 0.25) is 0 Å². The Bertz CT molecular complexity index is 455. The average Bonchev–Trinajstić information content (AvgIpc) is 2.76. The molecule has 1 aliphatic rings. The minimum atomic E-state index is -4.74. The Labute approximate surface area is 106 Å². The van der Waals surface area contributed by atoms with Crippen LogP contribution < -0.4 is 4.74 Å². The van der Waals surface area contributed by atoms with Crippen molar-refractivity contribution in [2.45, 2.75) is 18.9 Å². The molecule has 4 nitrogen and oxygen atoms in total. The van der Waals surface area contributed by atoms with Gasteiger partial charge in [-0.3, -0.25) is 4.79 Å². The standard InChI is InChI=1S/C12H11F3O4/c13-12(14,15)19-8-3-1-7(2-4-8)10-9(11(16)17)5-6-18-10/h1-4,9-10H,5-6H2,(H,16,17). The Morgan fingerprint density at radius 1 is 1.32 bits per heavy atom. The number of alkyl halides is 3. The molecule has 1 aliphatic heterocycles. The van der Waals surface area contributed by atoms with E-state index in [1.807, 2.05) is 0 Å². The summed E-state index contributed by atoms with van der Waals surface area (Å²) in [6.07, 6.45) is -4.98. The Morgan fingerprint density at radius 3 is 2.47 bits per heavy atom. The molecule has 0 amide bonds. The van der Waals surface area contributed by atoms with E-state index in [1.54, 1.807) is 0 Å². The normalized spacial score (nSPS) is 23.3. The zero-order chi connectivity index (χ0) is 14.0. The third kappa shape index (κ3) is 3.37. The van der Waals surface area contributed by atoms with Crippen LogP contribution in [-0.2, 0) is 9.53 Å². The van der Waals surface area contributed by atoms with Crippen LogP contribution in [0.15, 0.2) is 24.3 Å². The van der Waals surface area contributed by atoms with Gasteiger partial charge in [0.05, 0.1) is 12.0 Å². The molecule has 0 aliphatic carbocycles. The van der Waals surface area contributed by atoms with Gasteiger partial charge in [-0.1, -0.05) is 12.1 Å². The van der Waals surface area contributed by atoms with Crippen molar-refractivity contribution in [1.29, 1.82) is 0 Å². The van der Waals surface area contributed by atoms with Crippen molar-refractivity contribution in [1.82, 2.24) is 0 Å². The Hall–Kier alpha value is -1.76. The number of benzene rings is 1. The van der Waals surface area contributed by atoms with Crippen molar-refractivity contribution in [3.05, 3.63) is 29.8 Å². The smallest absolute Gasteiger partial charge is 0.481 e. The molecule has 1 heterocycles. The molecule has 1 saturated heterocycles. The number of hydrogen-bond acceptors (Lipinski definition) is 3. The number of rotatable bonds is 3. The lowest BCUT2D eigenvalue weighted by Crippen LogP contribution is -2.18. The number of hydrogen-bond donors (Lipinski definition) is 1. The molecule has 1 fully saturated rings. The molecule has 2 unspecified atom stereocenters. The Morgan fingerprint density at radius 2 is 1.95 bits per heavy atom. The van der Waals surface area contributed by atoms with Gasteiger partial charge in [0.15, 0.2) is 0 Å². The van der Waals surface area contributed by atoms with Crippen molar-refractivity contribution in [3.63, 3.8) is 0 Å². The lowest BCUT2D eigenvalue weighted by molar-refractivity contribution is -0.274. The van der Waals surface area contributed by atoms with Crippen LogP contribution in [-0.4, -0.2) is 24.0 Å². The van der Waals surface area contributed by atoms with Crippen molar-refractivity contribution in [2.75, 3.05) is 6.61 Å². The number of halogens is 3. The van der Waals surface area contributed by atoms with E-state index in [0.29, 0.717) is 18.6 Å². The van der Waals surface area contributed by atoms with E-state index in [1.165, 1.54) is 12.1 Å². The Kier molecular flexibility index (Phi) is 3.66. The fourth-order valence-corrected chi connectivity index (χ4v) is 2.03. The van der Waals surface area contributed by atoms with Gasteiger partial charge in [0.1, 0.15) is 5.75 Å². The second-order valence-electron chi connectivity index (χ2n) is 4.14. The van der Waals surface area contributed by atoms with E-state index in [4.69, 9.17) is 9.84 Å². The van der Waals surface area contributed by atoms with E-state index >= 15 is 0 Å². The van der Waals surface area contributed by atoms with Gasteiger partial charge < -0.3 is 14.6 Å². The quantitative estimate of drug-likeness (QED) is 0.922. The molecule has 7 heteroatoms. The van der Waals surface area contributed by atoms with Crippen LogP contribution in [0.25, 0.3) is 0 Å². The highest BCUT2D eigenvalue weighted by atomic mass is 19.4. The molecule has 19 heavy (non-hydrogen) atoms. The number of carboxylic acid groups (broad SMARTS) is 1. The van der Waals surface area contributed by atoms with Gasteiger partial charge in [-0.2, -0.15) is 0 Å². The number of aliphatic carboxylic acids is 1. The first kappa shape index (κ1) is 13.7. The summed E-state index contributed by atoms with van der Waals surface area (Å²) in [5.74, 6) is -1.99. The molecule has 0 saturated carbocycles. The Balaban J connectivity index is 2.12. The summed E-state index contributed by atoms with van der Waals surface area (Å²) in [6, 6.07) is 5.05. The molecular weight excluding hydrogens is 265 g/mol. The monoisotopic (exact) mass is 276 g/mol. The molecule has 0 aromatic heterocycles. The first-order chi connectivity index (χ1) is 8.87. The third-order valence-corrected chi connectivity index (χ3v) is 2.85. The molecule has 1 aromatic carbocycles. The summed E-state index contributed by atoms with van der Waals surface area (Å²) in [7, 11) is 0. The van der Waals surface area contributed by atoms with E-state index < -0.39 is 24.4 Å². The zero-order valence-corrected chi connectivity index (χ0v) is 9.68. The predicted molar refractivity (Wildman–Crippen MR) is 57.6 cm³/mol. The first-order valence-corrected chi connectivity index (χ1v) is 5.57. The molecule has 2 atom stereocenters. The lowest BCUT2D eigenvalue weighted by Gasteiger charge is -2.16. The predicted octanol–water partition coefficient (Wildman–Crippen LogP) is 2.75. The van der Waals surface area contributed by atoms with Crippen LogP contribution in [0, 0.1) is 5.92 Å². The molecule has 1 N–H and O–H groups in total. The van der Waals surface area contributed by atoms with Gasteiger partial charge in [-0.25, -0.2) is 0 Å². The van der Waals surface area contributed by atoms with Crippen LogP contribution in [0.4, 0.5) is 13.2 Å². The topological polar surface area (TPSA) is 55.8 Å². The molecule has 0 bridgehead atoms. The fourth-order valence-electron chi connectivity index (χ4n) is 2.03. The molecule has 1 aromatic rings. The SMILES string of the molecule is O=C(O)C1CCOC1c1ccc(OC(F)(F)F)cc1. The van der Waals surface area contributed by atoms with E-state index in [2.05, 4.69) is 4.74 Å². The highest BCUT2D eigenvalue weighted by Crippen LogP contribution is 2.35. The number of ether oxygens (including phenoxy) is 2. The van der Waals surface area contributed by atoms with Gasteiger partial charge in [0.25, 0.3) is 0 Å². The fraction of sp³-hybridized carbons (Fsp3) is 0.417. The van der Waals surface area contributed by atoms with E-state index in [9.17, 15) is 18.0 Å². The third-order valence-electron chi connectivity index (χ3n) is 2.85. The summed E-state index contributed by atoms with van der Waals surface area (Å²) in [5.41, 5.74) is 0.527. The minimum Gasteiger partial charge on any atom is -0.481 e. The maximum absolute atomic E-state index is 12.0. The van der Waals surface area contributed by atoms with Gasteiger partial charge in [-0.05, 0) is 24.1 Å². The van der Waals surface area contributed by atoms with Gasteiger partial charge >= 0.3 is 12.3 Å². The lowest BCUT2D eigenvalue weighted by atomic mass is 9.95. The summed E-state index contributed by atoms with van der Waals surface area (Å²) in [5, 5.41) is 9.00. The maximum Gasteiger partial charge on any atom is 0.573 e.